The molecule has 1 atom stereocenters. The summed E-state index contributed by atoms with van der Waals surface area (Å²) in [6, 6.07) is 9.55. The van der Waals surface area contributed by atoms with Crippen LogP contribution in [0.25, 0.3) is 0 Å². The van der Waals surface area contributed by atoms with Crippen molar-refractivity contribution >= 4 is 5.91 Å². The molecule has 0 heterocycles. The lowest BCUT2D eigenvalue weighted by Gasteiger charge is -2.27. The second-order valence-corrected chi connectivity index (χ2v) is 5.75. The first kappa shape index (κ1) is 18.4. The van der Waals surface area contributed by atoms with Gasteiger partial charge in [-0.25, -0.2) is 0 Å². The van der Waals surface area contributed by atoms with Crippen LogP contribution in [0.5, 0.6) is 5.75 Å². The molecule has 1 amide bonds. The molecule has 1 unspecified atom stereocenters. The predicted octanol–water partition coefficient (Wildman–Crippen LogP) is 0.151. The first-order chi connectivity index (χ1) is 10.5. The van der Waals surface area contributed by atoms with Crippen molar-refractivity contribution in [3.05, 3.63) is 30.3 Å². The van der Waals surface area contributed by atoms with Crippen LogP contribution in [-0.2, 0) is 4.79 Å². The van der Waals surface area contributed by atoms with E-state index in [-0.39, 0.29) is 6.61 Å². The molecule has 0 fully saturated rings. The molecule has 124 valence electrons. The topological polar surface area (TPSA) is 90.8 Å². The van der Waals surface area contributed by atoms with Gasteiger partial charge in [0, 0.05) is 25.0 Å². The number of rotatable bonds is 10. The van der Waals surface area contributed by atoms with Gasteiger partial charge in [0.1, 0.15) is 18.5 Å². The number of carbonyl (C=O) groups excluding carboxylic acids is 1. The molecule has 0 aliphatic rings. The van der Waals surface area contributed by atoms with E-state index < -0.39 is 17.4 Å². The minimum Gasteiger partial charge on any atom is -0.492 e. The Morgan fingerprint density at radius 1 is 1.23 bits per heavy atom. The van der Waals surface area contributed by atoms with Gasteiger partial charge in [-0.2, -0.15) is 0 Å². The fourth-order valence-corrected chi connectivity index (χ4v) is 1.69. The van der Waals surface area contributed by atoms with E-state index in [9.17, 15) is 9.90 Å². The van der Waals surface area contributed by atoms with E-state index in [0.29, 0.717) is 26.2 Å². The zero-order valence-electron chi connectivity index (χ0n) is 13.2. The number of ether oxygens (including phenoxy) is 1. The summed E-state index contributed by atoms with van der Waals surface area (Å²) in [4.78, 5) is 11.7. The number of aliphatic hydroxyl groups is 2. The molecule has 0 aliphatic heterocycles. The van der Waals surface area contributed by atoms with Crippen molar-refractivity contribution in [3.8, 4) is 5.75 Å². The minimum atomic E-state index is -1.22. The lowest BCUT2D eigenvalue weighted by Crippen LogP contribution is -2.47. The van der Waals surface area contributed by atoms with Crippen LogP contribution in [0.4, 0.5) is 0 Å². The monoisotopic (exact) mass is 310 g/mol. The first-order valence-electron chi connectivity index (χ1n) is 7.42. The predicted molar refractivity (Wildman–Crippen MR) is 84.7 cm³/mol. The summed E-state index contributed by atoms with van der Waals surface area (Å²) in [7, 11) is 0. The molecule has 1 aromatic carbocycles. The van der Waals surface area contributed by atoms with Crippen LogP contribution in [0.15, 0.2) is 30.3 Å². The van der Waals surface area contributed by atoms with E-state index >= 15 is 0 Å². The molecule has 1 aromatic rings. The summed E-state index contributed by atoms with van der Waals surface area (Å²) >= 11 is 0. The Labute approximate surface area is 131 Å². The number of hydrogen-bond donors (Lipinski definition) is 4. The highest BCUT2D eigenvalue weighted by Gasteiger charge is 2.32. The second kappa shape index (κ2) is 9.40. The van der Waals surface area contributed by atoms with Crippen LogP contribution in [0.3, 0.4) is 0 Å². The lowest BCUT2D eigenvalue weighted by molar-refractivity contribution is -0.137. The number of amides is 1. The van der Waals surface area contributed by atoms with Crippen LogP contribution in [0, 0.1) is 5.41 Å². The van der Waals surface area contributed by atoms with Crippen molar-refractivity contribution in [2.75, 3.05) is 32.8 Å². The zero-order valence-corrected chi connectivity index (χ0v) is 13.2. The number of aliphatic hydroxyl groups excluding tert-OH is 2. The third-order valence-corrected chi connectivity index (χ3v) is 3.29. The van der Waals surface area contributed by atoms with Crippen molar-refractivity contribution in [1.82, 2.24) is 10.6 Å². The minimum absolute atomic E-state index is 0.253. The summed E-state index contributed by atoms with van der Waals surface area (Å²) in [6.07, 6.45) is -1.22. The maximum absolute atomic E-state index is 11.7. The fourth-order valence-electron chi connectivity index (χ4n) is 1.69. The molecular formula is C16H26N2O4. The standard InChI is InChI=1S/C16H26N2O4/c1-16(2,12-19)14(20)15(21)18-9-8-17-10-11-22-13-6-4-3-5-7-13/h3-7,14,17,19-20H,8-12H2,1-2H3,(H,18,21). The highest BCUT2D eigenvalue weighted by molar-refractivity contribution is 5.81. The normalized spacial score (nSPS) is 12.7. The van der Waals surface area contributed by atoms with Gasteiger partial charge in [0.25, 0.3) is 0 Å². The molecule has 0 bridgehead atoms. The number of para-hydroxylation sites is 1. The average Bonchev–Trinajstić information content (AvgIpc) is 2.54. The summed E-state index contributed by atoms with van der Waals surface area (Å²) in [5.41, 5.74) is -0.846. The van der Waals surface area contributed by atoms with Crippen molar-refractivity contribution in [1.29, 1.82) is 0 Å². The van der Waals surface area contributed by atoms with E-state index in [4.69, 9.17) is 9.84 Å². The molecule has 0 saturated heterocycles. The average molecular weight is 310 g/mol. The Hall–Kier alpha value is -1.63. The zero-order chi connectivity index (χ0) is 16.4. The Balaban J connectivity index is 2.07. The third-order valence-electron chi connectivity index (χ3n) is 3.29. The van der Waals surface area contributed by atoms with Crippen LogP contribution >= 0.6 is 0 Å². The van der Waals surface area contributed by atoms with Crippen LogP contribution < -0.4 is 15.4 Å². The Bertz CT molecular complexity index is 437. The van der Waals surface area contributed by atoms with Crippen LogP contribution in [0.1, 0.15) is 13.8 Å². The Kier molecular flexibility index (Phi) is 7.87. The molecule has 0 aromatic heterocycles. The summed E-state index contributed by atoms with van der Waals surface area (Å²) in [5.74, 6) is 0.355. The van der Waals surface area contributed by atoms with Gasteiger partial charge in [0.2, 0.25) is 5.91 Å². The van der Waals surface area contributed by atoms with Gasteiger partial charge in [-0.15, -0.1) is 0 Å². The van der Waals surface area contributed by atoms with Crippen molar-refractivity contribution < 1.29 is 19.7 Å². The van der Waals surface area contributed by atoms with E-state index in [1.807, 2.05) is 30.3 Å². The van der Waals surface area contributed by atoms with E-state index in [2.05, 4.69) is 10.6 Å². The Morgan fingerprint density at radius 2 is 1.91 bits per heavy atom. The van der Waals surface area contributed by atoms with Crippen molar-refractivity contribution in [3.63, 3.8) is 0 Å². The van der Waals surface area contributed by atoms with Crippen molar-refractivity contribution in [2.24, 2.45) is 5.41 Å². The number of nitrogens with one attached hydrogen (secondary N) is 2. The molecule has 0 radical (unpaired) electrons. The molecule has 6 heteroatoms. The number of carbonyl (C=O) groups is 1. The largest absolute Gasteiger partial charge is 0.492 e. The van der Waals surface area contributed by atoms with Gasteiger partial charge >= 0.3 is 0 Å². The van der Waals surface area contributed by atoms with Crippen molar-refractivity contribution in [2.45, 2.75) is 20.0 Å². The van der Waals surface area contributed by atoms with E-state index in [0.717, 1.165) is 5.75 Å². The highest BCUT2D eigenvalue weighted by Crippen LogP contribution is 2.19. The third kappa shape index (κ3) is 6.43. The molecule has 0 spiro atoms. The Morgan fingerprint density at radius 3 is 2.55 bits per heavy atom. The van der Waals surface area contributed by atoms with Crippen LogP contribution in [-0.4, -0.2) is 55.1 Å². The van der Waals surface area contributed by atoms with E-state index in [1.165, 1.54) is 0 Å². The molecule has 0 saturated carbocycles. The maximum Gasteiger partial charge on any atom is 0.249 e. The molecular weight excluding hydrogens is 284 g/mol. The number of benzene rings is 1. The lowest BCUT2D eigenvalue weighted by atomic mass is 9.87. The van der Waals surface area contributed by atoms with Gasteiger partial charge in [0.15, 0.2) is 0 Å². The summed E-state index contributed by atoms with van der Waals surface area (Å²) in [5, 5.41) is 24.7. The summed E-state index contributed by atoms with van der Waals surface area (Å²) < 4.78 is 5.51. The van der Waals surface area contributed by atoms with Gasteiger partial charge < -0.3 is 25.6 Å². The van der Waals surface area contributed by atoms with Crippen LogP contribution in [0.2, 0.25) is 0 Å². The highest BCUT2D eigenvalue weighted by atomic mass is 16.5. The van der Waals surface area contributed by atoms with Gasteiger partial charge in [-0.1, -0.05) is 32.0 Å². The molecule has 0 aliphatic carbocycles. The molecule has 22 heavy (non-hydrogen) atoms. The molecule has 6 nitrogen and oxygen atoms in total. The SMILES string of the molecule is CC(C)(CO)C(O)C(=O)NCCNCCOc1ccccc1. The molecule has 1 rings (SSSR count). The smallest absolute Gasteiger partial charge is 0.249 e. The number of hydrogen-bond acceptors (Lipinski definition) is 5. The van der Waals surface area contributed by atoms with E-state index in [1.54, 1.807) is 13.8 Å². The van der Waals surface area contributed by atoms with Gasteiger partial charge in [-0.05, 0) is 12.1 Å². The summed E-state index contributed by atoms with van der Waals surface area (Å²) in [6.45, 7) is 5.20. The second-order valence-electron chi connectivity index (χ2n) is 5.75. The van der Waals surface area contributed by atoms with Gasteiger partial charge in [-0.3, -0.25) is 4.79 Å². The quantitative estimate of drug-likeness (QED) is 0.462. The van der Waals surface area contributed by atoms with Gasteiger partial charge in [0.05, 0.1) is 6.61 Å². The molecule has 4 N–H and O–H groups in total. The fraction of sp³-hybridized carbons (Fsp3) is 0.562. The first-order valence-corrected chi connectivity index (χ1v) is 7.42. The maximum atomic E-state index is 11.7.